The molecule has 0 spiro atoms. The van der Waals surface area contributed by atoms with Gasteiger partial charge in [0.15, 0.2) is 0 Å². The van der Waals surface area contributed by atoms with Crippen molar-refractivity contribution in [1.29, 1.82) is 0 Å². The van der Waals surface area contributed by atoms with E-state index in [2.05, 4.69) is 66.7 Å². The van der Waals surface area contributed by atoms with Crippen molar-refractivity contribution in [3.8, 4) is 17.2 Å². The number of aryl methyl sites for hydroxylation is 1. The lowest BCUT2D eigenvalue weighted by Gasteiger charge is -2.22. The van der Waals surface area contributed by atoms with E-state index < -0.39 is 0 Å². The van der Waals surface area contributed by atoms with E-state index in [1.165, 1.54) is 29.5 Å². The van der Waals surface area contributed by atoms with Gasteiger partial charge in [-0.3, -0.25) is 0 Å². The van der Waals surface area contributed by atoms with E-state index in [1.807, 2.05) is 25.1 Å². The maximum atomic E-state index is 10.1. The fourth-order valence-electron chi connectivity index (χ4n) is 4.13. The lowest BCUT2D eigenvalue weighted by Crippen LogP contribution is -2.12. The highest BCUT2D eigenvalue weighted by molar-refractivity contribution is 5.45. The van der Waals surface area contributed by atoms with E-state index in [0.29, 0.717) is 17.2 Å². The summed E-state index contributed by atoms with van der Waals surface area (Å²) in [5.41, 5.74) is 6.38. The van der Waals surface area contributed by atoms with Crippen molar-refractivity contribution in [1.82, 2.24) is 0 Å². The van der Waals surface area contributed by atoms with E-state index in [-0.39, 0.29) is 10.8 Å². The molecule has 35 heavy (non-hydrogen) atoms. The van der Waals surface area contributed by atoms with Gasteiger partial charge in [0.2, 0.25) is 0 Å². The van der Waals surface area contributed by atoms with Crippen LogP contribution in [0.2, 0.25) is 0 Å². The zero-order chi connectivity index (χ0) is 26.4. The predicted molar refractivity (Wildman–Crippen MR) is 148 cm³/mol. The Kier molecular flexibility index (Phi) is 9.43. The first kappa shape index (κ1) is 28.3. The highest BCUT2D eigenvalue weighted by atomic mass is 16.3. The molecule has 190 valence electrons. The van der Waals surface area contributed by atoms with Crippen molar-refractivity contribution in [2.24, 2.45) is 0 Å². The Morgan fingerprint density at radius 1 is 0.657 bits per heavy atom. The molecule has 0 bridgehead atoms. The molecule has 0 aromatic heterocycles. The molecule has 3 rings (SSSR count). The topological polar surface area (TPSA) is 60.7 Å². The number of hydrogen-bond acceptors (Lipinski definition) is 3. The summed E-state index contributed by atoms with van der Waals surface area (Å²) in [5.74, 6) is 1.12. The van der Waals surface area contributed by atoms with Crippen LogP contribution in [-0.2, 0) is 23.7 Å². The monoisotopic (exact) mass is 476 g/mol. The number of rotatable bonds is 5. The van der Waals surface area contributed by atoms with Crippen LogP contribution >= 0.6 is 0 Å². The van der Waals surface area contributed by atoms with Crippen LogP contribution in [0.25, 0.3) is 0 Å². The fraction of sp³-hybridized carbons (Fsp3) is 0.438. The first-order chi connectivity index (χ1) is 16.2. The van der Waals surface area contributed by atoms with E-state index in [0.717, 1.165) is 29.5 Å². The molecule has 0 aliphatic rings. The molecule has 0 atom stereocenters. The van der Waals surface area contributed by atoms with Gasteiger partial charge in [-0.15, -0.1) is 0 Å². The fourth-order valence-corrected chi connectivity index (χ4v) is 4.13. The molecule has 0 fully saturated rings. The Balaban J connectivity index is 0.000000303. The Bertz CT molecular complexity index is 1050. The summed E-state index contributed by atoms with van der Waals surface area (Å²) >= 11 is 0. The summed E-state index contributed by atoms with van der Waals surface area (Å²) in [4.78, 5) is 0. The lowest BCUT2D eigenvalue weighted by atomic mass is 9.83. The van der Waals surface area contributed by atoms with Crippen LogP contribution in [-0.4, -0.2) is 15.3 Å². The number of hydrogen-bond donors (Lipinski definition) is 3. The van der Waals surface area contributed by atoms with Gasteiger partial charge in [0, 0.05) is 0 Å². The average Bonchev–Trinajstić information content (AvgIpc) is 2.76. The molecule has 3 aromatic rings. The molecule has 3 heteroatoms. The van der Waals surface area contributed by atoms with Crippen LogP contribution in [0.3, 0.4) is 0 Å². The minimum absolute atomic E-state index is 0.0916. The quantitative estimate of drug-likeness (QED) is 0.347. The van der Waals surface area contributed by atoms with Crippen molar-refractivity contribution in [3.63, 3.8) is 0 Å². The minimum atomic E-state index is -0.0916. The minimum Gasteiger partial charge on any atom is -0.508 e. The summed E-state index contributed by atoms with van der Waals surface area (Å²) in [6.45, 7) is 16.8. The lowest BCUT2D eigenvalue weighted by molar-refractivity contribution is 0.446. The van der Waals surface area contributed by atoms with Gasteiger partial charge in [0.05, 0.1) is 0 Å². The highest BCUT2D eigenvalue weighted by Crippen LogP contribution is 2.34. The van der Waals surface area contributed by atoms with Crippen molar-refractivity contribution < 1.29 is 15.3 Å². The van der Waals surface area contributed by atoms with Gasteiger partial charge in [-0.25, -0.2) is 0 Å². The molecule has 0 radical (unpaired) electrons. The molecule has 0 saturated carbocycles. The molecular formula is C32H44O3. The number of phenolic OH excluding ortho intramolecular Hbond substituents is 3. The Labute approximate surface area is 212 Å². The zero-order valence-corrected chi connectivity index (χ0v) is 22.9. The number of aromatic hydroxyl groups is 3. The van der Waals surface area contributed by atoms with Crippen molar-refractivity contribution in [3.05, 3.63) is 88.0 Å². The SMILES string of the molecule is CC(C)(C)c1cc(Cc2ccc(O)c(C(C)(C)C)c2)ccc1O.CCCCc1cccc(O)c1C. The average molecular weight is 477 g/mol. The summed E-state index contributed by atoms with van der Waals surface area (Å²) < 4.78 is 0. The number of benzene rings is 3. The third kappa shape index (κ3) is 8.06. The maximum absolute atomic E-state index is 10.1. The molecular weight excluding hydrogens is 432 g/mol. The van der Waals surface area contributed by atoms with Gasteiger partial charge < -0.3 is 15.3 Å². The van der Waals surface area contributed by atoms with Gasteiger partial charge in [0.1, 0.15) is 17.2 Å². The second kappa shape index (κ2) is 11.7. The van der Waals surface area contributed by atoms with Crippen LogP contribution in [0.15, 0.2) is 54.6 Å². The number of phenols is 3. The standard InChI is InChI=1S/C21H28O2.C11H16O/c1-20(2,3)16-12-14(7-9-18(16)22)11-15-8-10-19(23)17(13-15)21(4,5)6;1-3-4-6-10-7-5-8-11(12)9(10)2/h7-10,12-13,22-23H,11H2,1-6H3;5,7-8,12H,3-4,6H2,1-2H3. The van der Waals surface area contributed by atoms with Crippen LogP contribution in [0, 0.1) is 6.92 Å². The van der Waals surface area contributed by atoms with Crippen LogP contribution in [0.1, 0.15) is 94.7 Å². The van der Waals surface area contributed by atoms with E-state index >= 15 is 0 Å². The maximum Gasteiger partial charge on any atom is 0.119 e. The molecule has 3 nitrogen and oxygen atoms in total. The molecule has 0 heterocycles. The van der Waals surface area contributed by atoms with Gasteiger partial charge >= 0.3 is 0 Å². The molecule has 3 N–H and O–H groups in total. The molecule has 0 unspecified atom stereocenters. The van der Waals surface area contributed by atoms with Crippen LogP contribution < -0.4 is 0 Å². The summed E-state index contributed by atoms with van der Waals surface area (Å²) in [7, 11) is 0. The van der Waals surface area contributed by atoms with Gasteiger partial charge in [-0.2, -0.15) is 0 Å². The second-order valence-electron chi connectivity index (χ2n) is 11.5. The van der Waals surface area contributed by atoms with Gasteiger partial charge in [-0.1, -0.05) is 91.3 Å². The highest BCUT2D eigenvalue weighted by Gasteiger charge is 2.20. The molecule has 0 amide bonds. The normalized spacial score (nSPS) is 11.7. The first-order valence-corrected chi connectivity index (χ1v) is 12.7. The van der Waals surface area contributed by atoms with Crippen LogP contribution in [0.4, 0.5) is 0 Å². The van der Waals surface area contributed by atoms with E-state index in [9.17, 15) is 15.3 Å². The Morgan fingerprint density at radius 2 is 1.14 bits per heavy atom. The summed E-state index contributed by atoms with van der Waals surface area (Å²) in [5, 5.41) is 29.6. The molecule has 0 aliphatic heterocycles. The third-order valence-corrected chi connectivity index (χ3v) is 6.36. The summed E-state index contributed by atoms with van der Waals surface area (Å²) in [6, 6.07) is 17.4. The molecule has 0 aliphatic carbocycles. The van der Waals surface area contributed by atoms with E-state index in [4.69, 9.17) is 0 Å². The number of unbranched alkanes of at least 4 members (excludes halogenated alkanes) is 1. The predicted octanol–water partition coefficient (Wildman–Crippen LogP) is 8.33. The third-order valence-electron chi connectivity index (χ3n) is 6.36. The van der Waals surface area contributed by atoms with Gasteiger partial charge in [0.25, 0.3) is 0 Å². The smallest absolute Gasteiger partial charge is 0.119 e. The summed E-state index contributed by atoms with van der Waals surface area (Å²) in [6.07, 6.45) is 4.27. The van der Waals surface area contributed by atoms with E-state index in [1.54, 1.807) is 18.2 Å². The second-order valence-corrected chi connectivity index (χ2v) is 11.5. The largest absolute Gasteiger partial charge is 0.508 e. The first-order valence-electron chi connectivity index (χ1n) is 12.7. The Morgan fingerprint density at radius 3 is 1.57 bits per heavy atom. The molecule has 0 saturated heterocycles. The zero-order valence-electron chi connectivity index (χ0n) is 22.9. The molecule has 3 aromatic carbocycles. The van der Waals surface area contributed by atoms with Crippen LogP contribution in [0.5, 0.6) is 17.2 Å². The van der Waals surface area contributed by atoms with Crippen molar-refractivity contribution in [2.45, 2.75) is 91.9 Å². The Hall–Kier alpha value is -2.94. The van der Waals surface area contributed by atoms with Crippen molar-refractivity contribution in [2.75, 3.05) is 0 Å². The van der Waals surface area contributed by atoms with Crippen molar-refractivity contribution >= 4 is 0 Å². The van der Waals surface area contributed by atoms with Gasteiger partial charge in [-0.05, 0) is 88.6 Å².